The number of pyridine rings is 2. The van der Waals surface area contributed by atoms with E-state index in [0.29, 0.717) is 46.4 Å². The van der Waals surface area contributed by atoms with Crippen LogP contribution >= 0.6 is 0 Å². The third kappa shape index (κ3) is 4.79. The van der Waals surface area contributed by atoms with Crippen molar-refractivity contribution in [3.8, 4) is 0 Å². The normalized spacial score (nSPS) is 22.6. The molecule has 4 aromatic rings. The van der Waals surface area contributed by atoms with Gasteiger partial charge in [-0.25, -0.2) is 29.0 Å². The van der Waals surface area contributed by atoms with Crippen LogP contribution in [0, 0.1) is 0 Å². The Balaban J connectivity index is 1.41. The first-order valence-corrected chi connectivity index (χ1v) is 14.1. The second-order valence-electron chi connectivity index (χ2n) is 10.7. The Kier molecular flexibility index (Phi) is 6.17. The van der Waals surface area contributed by atoms with Gasteiger partial charge in [-0.1, -0.05) is 0 Å². The number of aldehydes is 1. The predicted molar refractivity (Wildman–Crippen MR) is 156 cm³/mol. The summed E-state index contributed by atoms with van der Waals surface area (Å²) in [4.78, 5) is 59.1. The third-order valence-corrected chi connectivity index (χ3v) is 8.23. The zero-order valence-corrected chi connectivity index (χ0v) is 23.8. The highest BCUT2D eigenvalue weighted by Gasteiger charge is 2.49. The molecular formula is C29H34N8O6. The zero-order valence-electron chi connectivity index (χ0n) is 27.8. The number of aryl methyl sites for hydroxylation is 1. The molecule has 0 aromatic carbocycles. The first-order chi connectivity index (χ1) is 22.3. The van der Waals surface area contributed by atoms with Crippen LogP contribution in [0.5, 0.6) is 0 Å². The number of hydrogen-bond acceptors (Lipinski definition) is 10. The number of nitrogens with one attached hydrogen (secondary N) is 2. The van der Waals surface area contributed by atoms with Gasteiger partial charge in [-0.05, 0) is 57.6 Å². The molecule has 1 amide bonds. The maximum Gasteiger partial charge on any atom is 0.407 e. The standard InChI is InChI=1S/C29H34N8O6/c1-4-43-26(39)29(11-5-12-29)37-25-19(20(34-37)10-13-38)8-9-23(33-25)32-24-15-21-22(16-30-24)35(2)28(41)36(21)18-7-6-17(14-18)31-27(40)42-3/h8-9,13,15-18H,4-7,10-12,14H2,1-3H3,(H,31,40)(H,30,32,33)/t17-,18-/m1/s1/i2D3,17D. The van der Waals surface area contributed by atoms with E-state index in [1.54, 1.807) is 23.7 Å². The molecule has 6 rings (SSSR count). The first-order valence-electron chi connectivity index (χ1n) is 16.1. The minimum absolute atomic E-state index is 0.0308. The summed E-state index contributed by atoms with van der Waals surface area (Å²) in [6.07, 6.45) is 3.67. The monoisotopic (exact) mass is 594 g/mol. The van der Waals surface area contributed by atoms with Crippen molar-refractivity contribution < 1.29 is 29.3 Å². The Labute approximate surface area is 252 Å². The predicted octanol–water partition coefficient (Wildman–Crippen LogP) is 2.86. The topological polar surface area (TPSA) is 164 Å². The largest absolute Gasteiger partial charge is 0.464 e. The fraction of sp³-hybridized carbons (Fsp3) is 0.483. The molecule has 4 aromatic heterocycles. The number of carbonyl (C=O) groups excluding carboxylic acids is 3. The van der Waals surface area contributed by atoms with Gasteiger partial charge in [0.1, 0.15) is 17.9 Å². The van der Waals surface area contributed by atoms with Crippen LogP contribution in [0.2, 0.25) is 0 Å². The van der Waals surface area contributed by atoms with Gasteiger partial charge in [0.25, 0.3) is 0 Å². The summed E-state index contributed by atoms with van der Waals surface area (Å²) in [7, 11) is 1.19. The molecule has 2 aliphatic carbocycles. The van der Waals surface area contributed by atoms with Crippen molar-refractivity contribution in [3.05, 3.63) is 40.6 Å². The Morgan fingerprint density at radius 3 is 2.79 bits per heavy atom. The Hall–Kier alpha value is -4.75. The average molecular weight is 595 g/mol. The second kappa shape index (κ2) is 11.2. The molecule has 2 atom stereocenters. The van der Waals surface area contributed by atoms with Crippen LogP contribution in [0.3, 0.4) is 0 Å². The number of alkyl carbamates (subject to hydrolysis) is 1. The van der Waals surface area contributed by atoms with Crippen LogP contribution in [-0.4, -0.2) is 67.0 Å². The summed E-state index contributed by atoms with van der Waals surface area (Å²) in [5.74, 6) is 0.146. The molecule has 0 radical (unpaired) electrons. The summed E-state index contributed by atoms with van der Waals surface area (Å²) in [5.41, 5.74) is -0.632. The van der Waals surface area contributed by atoms with E-state index in [-0.39, 0.29) is 42.7 Å². The number of hydrogen-bond donors (Lipinski definition) is 2. The summed E-state index contributed by atoms with van der Waals surface area (Å²) in [6.45, 7) is -0.872. The summed E-state index contributed by atoms with van der Waals surface area (Å²) >= 11 is 0. The van der Waals surface area contributed by atoms with Gasteiger partial charge >= 0.3 is 17.8 Å². The van der Waals surface area contributed by atoms with E-state index in [1.165, 1.54) is 23.9 Å². The van der Waals surface area contributed by atoms with Gasteiger partial charge in [0, 0.05) is 41.0 Å². The molecular weight excluding hydrogens is 556 g/mol. The summed E-state index contributed by atoms with van der Waals surface area (Å²) < 4.78 is 46.4. The molecule has 226 valence electrons. The number of anilines is 2. The van der Waals surface area contributed by atoms with Gasteiger partial charge in [-0.3, -0.25) is 9.13 Å². The lowest BCUT2D eigenvalue weighted by atomic mass is 9.77. The summed E-state index contributed by atoms with van der Waals surface area (Å²) in [5, 5.41) is 10.8. The molecule has 2 saturated carbocycles. The minimum atomic E-state index is -2.81. The highest BCUT2D eigenvalue weighted by Crippen LogP contribution is 2.42. The summed E-state index contributed by atoms with van der Waals surface area (Å²) in [6, 6.07) is 2.93. The third-order valence-electron chi connectivity index (χ3n) is 8.23. The molecule has 0 aliphatic heterocycles. The fourth-order valence-electron chi connectivity index (χ4n) is 5.96. The Bertz CT molecular complexity index is 1950. The van der Waals surface area contributed by atoms with Gasteiger partial charge in [0.05, 0.1) is 38.0 Å². The molecule has 14 heteroatoms. The van der Waals surface area contributed by atoms with Gasteiger partial charge < -0.3 is 24.9 Å². The minimum Gasteiger partial charge on any atom is -0.464 e. The number of nitrogens with zero attached hydrogens (tertiary/aromatic N) is 6. The Morgan fingerprint density at radius 1 is 1.26 bits per heavy atom. The lowest BCUT2D eigenvalue weighted by molar-refractivity contribution is -0.159. The van der Waals surface area contributed by atoms with Crippen LogP contribution in [0.4, 0.5) is 16.4 Å². The fourth-order valence-corrected chi connectivity index (χ4v) is 5.96. The molecule has 0 saturated heterocycles. The molecule has 2 fully saturated rings. The van der Waals surface area contributed by atoms with Gasteiger partial charge in [0.2, 0.25) is 0 Å². The number of ether oxygens (including phenoxy) is 2. The van der Waals surface area contributed by atoms with Gasteiger partial charge in [-0.2, -0.15) is 5.10 Å². The zero-order chi connectivity index (χ0) is 33.7. The SMILES string of the molecule is [2H]C([2H])([2H])n1c(=O)n([C@@H]2CC[C@@]([2H])(NC(=O)OC)C2)c2cc(Nc3ccc4c(CC=O)nn(C5(C(=O)OCC)CCC5)c4n3)ncc21. The lowest BCUT2D eigenvalue weighted by Gasteiger charge is -2.39. The van der Waals surface area contributed by atoms with E-state index in [0.717, 1.165) is 12.7 Å². The van der Waals surface area contributed by atoms with E-state index < -0.39 is 42.3 Å². The highest BCUT2D eigenvalue weighted by molar-refractivity contribution is 5.87. The molecule has 2 N–H and O–H groups in total. The van der Waals surface area contributed by atoms with Crippen LogP contribution in [0.25, 0.3) is 22.1 Å². The number of esters is 1. The van der Waals surface area contributed by atoms with E-state index in [1.807, 2.05) is 0 Å². The van der Waals surface area contributed by atoms with Crippen molar-refractivity contribution in [3.63, 3.8) is 0 Å². The smallest absolute Gasteiger partial charge is 0.407 e. The first kappa shape index (κ1) is 23.8. The van der Waals surface area contributed by atoms with Crippen molar-refractivity contribution in [1.29, 1.82) is 0 Å². The second-order valence-corrected chi connectivity index (χ2v) is 10.7. The van der Waals surface area contributed by atoms with Crippen molar-refractivity contribution in [2.45, 2.75) is 69.5 Å². The molecule has 0 spiro atoms. The number of rotatable bonds is 9. The van der Waals surface area contributed by atoms with Gasteiger partial charge in [0.15, 0.2) is 11.2 Å². The molecule has 2 aliphatic rings. The number of imidazole rings is 1. The number of amides is 1. The average Bonchev–Trinajstić information content (AvgIpc) is 3.63. The molecule has 0 bridgehead atoms. The van der Waals surface area contributed by atoms with Crippen molar-refractivity contribution >= 4 is 52.1 Å². The lowest BCUT2D eigenvalue weighted by Crippen LogP contribution is -2.49. The van der Waals surface area contributed by atoms with E-state index >= 15 is 0 Å². The maximum absolute atomic E-state index is 13.6. The molecule has 14 nitrogen and oxygen atoms in total. The van der Waals surface area contributed by atoms with Crippen LogP contribution in [0.1, 0.15) is 62.7 Å². The number of methoxy groups -OCH3 is 1. The van der Waals surface area contributed by atoms with Crippen LogP contribution < -0.4 is 16.3 Å². The van der Waals surface area contributed by atoms with Crippen molar-refractivity contribution in [2.24, 2.45) is 6.98 Å². The van der Waals surface area contributed by atoms with Gasteiger partial charge in [-0.15, -0.1) is 0 Å². The number of fused-ring (bicyclic) bond motifs is 2. The van der Waals surface area contributed by atoms with E-state index in [9.17, 15) is 19.2 Å². The quantitative estimate of drug-likeness (QED) is 0.217. The van der Waals surface area contributed by atoms with E-state index in [4.69, 9.17) is 15.2 Å². The Morgan fingerprint density at radius 2 is 2.09 bits per heavy atom. The van der Waals surface area contributed by atoms with E-state index in [2.05, 4.69) is 25.5 Å². The highest BCUT2D eigenvalue weighted by atomic mass is 16.5. The maximum atomic E-state index is 13.6. The molecule has 0 unspecified atom stereocenters. The number of aromatic nitrogens is 6. The van der Waals surface area contributed by atoms with Crippen LogP contribution in [-0.2, 0) is 38.0 Å². The number of carbonyl (C=O) groups is 3. The van der Waals surface area contributed by atoms with Crippen molar-refractivity contribution in [1.82, 2.24) is 34.2 Å². The molecule has 43 heavy (non-hydrogen) atoms. The molecule has 4 heterocycles. The van der Waals surface area contributed by atoms with Crippen molar-refractivity contribution in [2.75, 3.05) is 19.0 Å². The van der Waals surface area contributed by atoms with Crippen LogP contribution in [0.15, 0.2) is 29.2 Å².